The minimum absolute atomic E-state index is 0.0166. The molecule has 33 nitrogen and oxygen atoms in total. The SMILES string of the molecule is CC(C)C[C@H](NC(=O)[C@H](CC(N)=O)NC(=O)[C@H](CCC(=O)O)NC(=O)[C@H](Cc1ccccc1)NC(=O)[C@H](Cc1ccc(O)cc1)NC(=O)[C@H](CO)NC(=O)[C@@H]1CCCN1C(=O)[C@H](CO)NC(=O)[C@H](Cc1cnc[nH]1)NC(=O)[C@H](Cc1ccc(O)cc1)NC(=O)[C@@H](N)CC(C)C)C(=O)O. The zero-order chi connectivity index (χ0) is 72.3. The summed E-state index contributed by atoms with van der Waals surface area (Å²) >= 11 is 0. The van der Waals surface area contributed by atoms with Crippen LogP contribution in [0.4, 0.5) is 0 Å². The molecule has 0 spiro atoms. The van der Waals surface area contributed by atoms with Crippen LogP contribution in [0.25, 0.3) is 0 Å². The average Bonchev–Trinajstić information content (AvgIpc) is 1.56. The van der Waals surface area contributed by atoms with Crippen LogP contribution in [-0.4, -0.2) is 209 Å². The summed E-state index contributed by atoms with van der Waals surface area (Å²) in [5.74, 6) is -14.6. The molecule has 2 heterocycles. The van der Waals surface area contributed by atoms with Crippen LogP contribution in [0.15, 0.2) is 91.4 Å². The number of hydrogen-bond donors (Lipinski definition) is 18. The summed E-state index contributed by atoms with van der Waals surface area (Å²) in [5, 5.41) is 82.7. The lowest BCUT2D eigenvalue weighted by molar-refractivity contribution is -0.143. The molecule has 1 fully saturated rings. The summed E-state index contributed by atoms with van der Waals surface area (Å²) < 4.78 is 0. The topological polar surface area (TPSA) is 536 Å². The van der Waals surface area contributed by atoms with Crippen molar-refractivity contribution in [3.8, 4) is 11.5 Å². The average molecular weight is 1370 g/mol. The van der Waals surface area contributed by atoms with Crippen molar-refractivity contribution in [2.45, 2.75) is 165 Å². The largest absolute Gasteiger partial charge is 0.508 e. The summed E-state index contributed by atoms with van der Waals surface area (Å²) in [6.45, 7) is 4.85. The van der Waals surface area contributed by atoms with Crippen molar-refractivity contribution in [1.29, 1.82) is 0 Å². The van der Waals surface area contributed by atoms with Gasteiger partial charge < -0.3 is 99.8 Å². The van der Waals surface area contributed by atoms with Crippen molar-refractivity contribution in [3.63, 3.8) is 0 Å². The quantitative estimate of drug-likeness (QED) is 0.0208. The molecule has 0 radical (unpaired) electrons. The van der Waals surface area contributed by atoms with Crippen LogP contribution < -0.4 is 59.3 Å². The first-order valence-corrected chi connectivity index (χ1v) is 31.8. The highest BCUT2D eigenvalue weighted by Crippen LogP contribution is 2.21. The number of carboxylic acids is 2. The molecule has 1 aliphatic rings. The van der Waals surface area contributed by atoms with Crippen LogP contribution in [0, 0.1) is 11.8 Å². The molecule has 3 aromatic carbocycles. The second-order valence-electron chi connectivity index (χ2n) is 24.6. The first-order valence-electron chi connectivity index (χ1n) is 31.8. The highest BCUT2D eigenvalue weighted by Gasteiger charge is 2.41. The van der Waals surface area contributed by atoms with E-state index in [2.05, 4.69) is 57.8 Å². The van der Waals surface area contributed by atoms with Gasteiger partial charge in [0.2, 0.25) is 65.0 Å². The number of aromatic hydroxyl groups is 2. The summed E-state index contributed by atoms with van der Waals surface area (Å²) in [6.07, 6.45) is -0.233. The number of phenols is 2. The number of nitrogens with two attached hydrogens (primary N) is 2. The summed E-state index contributed by atoms with van der Waals surface area (Å²) in [5.41, 5.74) is 13.2. The van der Waals surface area contributed by atoms with Gasteiger partial charge in [0.15, 0.2) is 0 Å². The lowest BCUT2D eigenvalue weighted by Crippen LogP contribution is -2.62. The van der Waals surface area contributed by atoms with E-state index in [9.17, 15) is 93.0 Å². The Morgan fingerprint density at radius 1 is 0.531 bits per heavy atom. The molecule has 0 saturated carbocycles. The van der Waals surface area contributed by atoms with Crippen molar-refractivity contribution in [2.24, 2.45) is 23.3 Å². The molecule has 1 aliphatic heterocycles. The zero-order valence-electron chi connectivity index (χ0n) is 54.6. The van der Waals surface area contributed by atoms with Gasteiger partial charge in [-0.25, -0.2) is 9.78 Å². The molecule has 20 N–H and O–H groups in total. The van der Waals surface area contributed by atoms with E-state index in [0.717, 1.165) is 4.90 Å². The van der Waals surface area contributed by atoms with Gasteiger partial charge in [-0.15, -0.1) is 0 Å². The summed E-state index contributed by atoms with van der Waals surface area (Å²) in [4.78, 5) is 185. The van der Waals surface area contributed by atoms with Crippen LogP contribution in [0.2, 0.25) is 0 Å². The van der Waals surface area contributed by atoms with E-state index in [1.165, 1.54) is 61.1 Å². The number of hydrogen-bond acceptors (Lipinski definition) is 19. The Morgan fingerprint density at radius 2 is 0.959 bits per heavy atom. The standard InChI is InChI=1S/C65H88N14O19/c1-34(2)23-42(66)55(87)71-44(26-37-12-16-40(82)17-13-37)58(90)74-47(28-39-30-68-33-69-39)60(92)78-51(32-81)64(96)79-22-8-11-52(79)63(95)77-50(31-80)62(94)73-46(27-38-14-18-41(83)19-15-38)59(91)72-45(25-36-9-6-5-7-10-36)57(89)70-43(20-21-54(85)86)56(88)75-48(29-53(67)84)61(93)76-49(65(97)98)24-35(3)4/h5-7,9-10,12-19,30,33-35,42-52,80-83H,8,11,20-29,31-32,66H2,1-4H3,(H2,67,84)(H,68,69)(H,70,89)(H,71,87)(H,72,91)(H,73,94)(H,74,90)(H,75,88)(H,76,93)(H,77,95)(H,78,92)(H,85,86)(H,97,98)/t42-,43-,44-,45-,46-,47-,48-,49-,50-,51-,52-/m0/s1. The Morgan fingerprint density at radius 3 is 1.42 bits per heavy atom. The first kappa shape index (κ1) is 78.2. The van der Waals surface area contributed by atoms with Crippen molar-refractivity contribution < 1.29 is 93.0 Å². The van der Waals surface area contributed by atoms with Crippen molar-refractivity contribution in [1.82, 2.24) is 62.7 Å². The van der Waals surface area contributed by atoms with Gasteiger partial charge in [-0.3, -0.25) is 57.5 Å². The number of aliphatic carboxylic acids is 2. The van der Waals surface area contributed by atoms with E-state index in [4.69, 9.17) is 11.5 Å². The fourth-order valence-electron chi connectivity index (χ4n) is 10.6. The maximum Gasteiger partial charge on any atom is 0.326 e. The van der Waals surface area contributed by atoms with Gasteiger partial charge in [0, 0.05) is 50.5 Å². The number of phenolic OH excluding ortho intramolecular Hbond substituents is 2. The molecule has 0 aliphatic carbocycles. The lowest BCUT2D eigenvalue weighted by atomic mass is 10.0. The molecule has 11 amide bonds. The lowest BCUT2D eigenvalue weighted by Gasteiger charge is -2.30. The van der Waals surface area contributed by atoms with E-state index in [0.29, 0.717) is 22.4 Å². The molecular weight excluding hydrogens is 1280 g/mol. The van der Waals surface area contributed by atoms with E-state index in [-0.39, 0.29) is 81.2 Å². The van der Waals surface area contributed by atoms with E-state index in [1.807, 2.05) is 13.8 Å². The number of nitrogens with one attached hydrogen (secondary N) is 10. The van der Waals surface area contributed by atoms with E-state index in [1.54, 1.807) is 44.2 Å². The number of H-pyrrole nitrogens is 1. The maximum atomic E-state index is 14.7. The molecule has 0 bridgehead atoms. The van der Waals surface area contributed by atoms with Crippen molar-refractivity contribution >= 4 is 76.9 Å². The molecule has 33 heteroatoms. The summed E-state index contributed by atoms with van der Waals surface area (Å²) in [7, 11) is 0. The fraction of sp³-hybridized carbons (Fsp3) is 0.477. The maximum absolute atomic E-state index is 14.7. The summed E-state index contributed by atoms with van der Waals surface area (Å²) in [6, 6.07) is 1.94. The number of aliphatic hydroxyl groups excluding tert-OH is 2. The normalized spacial score (nSPS) is 15.8. The van der Waals surface area contributed by atoms with Gasteiger partial charge in [0.1, 0.15) is 71.9 Å². The van der Waals surface area contributed by atoms with Crippen molar-refractivity contribution in [3.05, 3.63) is 114 Å². The Kier molecular flexibility index (Phi) is 30.5. The molecule has 1 aromatic heterocycles. The number of imidazole rings is 1. The third kappa shape index (κ3) is 25.2. The van der Waals surface area contributed by atoms with Gasteiger partial charge in [-0.05, 0) is 84.9 Å². The van der Waals surface area contributed by atoms with Crippen LogP contribution in [0.5, 0.6) is 11.5 Å². The smallest absolute Gasteiger partial charge is 0.326 e. The zero-order valence-corrected chi connectivity index (χ0v) is 54.6. The highest BCUT2D eigenvalue weighted by atomic mass is 16.4. The van der Waals surface area contributed by atoms with Gasteiger partial charge in [0.05, 0.1) is 32.0 Å². The minimum Gasteiger partial charge on any atom is -0.508 e. The predicted molar refractivity (Wildman–Crippen MR) is 348 cm³/mol. The van der Waals surface area contributed by atoms with Crippen molar-refractivity contribution in [2.75, 3.05) is 19.8 Å². The Balaban J connectivity index is 1.36. The van der Waals surface area contributed by atoms with Gasteiger partial charge in [-0.2, -0.15) is 0 Å². The molecule has 1 saturated heterocycles. The number of primary amides is 1. The fourth-order valence-corrected chi connectivity index (χ4v) is 10.6. The number of aromatic nitrogens is 2. The minimum atomic E-state index is -1.86. The van der Waals surface area contributed by atoms with Gasteiger partial charge >= 0.3 is 11.9 Å². The van der Waals surface area contributed by atoms with Crippen LogP contribution >= 0.6 is 0 Å². The number of rotatable bonds is 39. The third-order valence-electron chi connectivity index (χ3n) is 15.7. The number of nitrogens with zero attached hydrogens (tertiary/aromatic N) is 2. The number of carbonyl (C=O) groups excluding carboxylic acids is 11. The predicted octanol–water partition coefficient (Wildman–Crippen LogP) is -3.33. The molecular formula is C65H88N14O19. The molecule has 4 aromatic rings. The second-order valence-corrected chi connectivity index (χ2v) is 24.6. The third-order valence-corrected chi connectivity index (χ3v) is 15.7. The van der Waals surface area contributed by atoms with Gasteiger partial charge in [0.25, 0.3) is 0 Å². The number of aliphatic hydroxyl groups is 2. The van der Waals surface area contributed by atoms with Gasteiger partial charge in [-0.1, -0.05) is 82.3 Å². The van der Waals surface area contributed by atoms with Crippen LogP contribution in [-0.2, 0) is 88.0 Å². The number of aromatic amines is 1. The Hall–Kier alpha value is -10.5. The number of carbonyl (C=O) groups is 13. The van der Waals surface area contributed by atoms with E-state index < -0.39 is 176 Å². The number of carboxylic acid groups (broad SMARTS) is 2. The number of likely N-dealkylation sites (tertiary alicyclic amines) is 1. The molecule has 532 valence electrons. The van der Waals surface area contributed by atoms with Crippen LogP contribution in [0.1, 0.15) is 95.0 Å². The molecule has 98 heavy (non-hydrogen) atoms. The molecule has 5 rings (SSSR count). The number of amides is 11. The Bertz CT molecular complexity index is 3390. The molecule has 11 atom stereocenters. The Labute approximate surface area is 563 Å². The monoisotopic (exact) mass is 1370 g/mol. The second kappa shape index (κ2) is 38.3. The molecule has 0 unspecified atom stereocenters. The first-order chi connectivity index (χ1) is 46.4. The highest BCUT2D eigenvalue weighted by molar-refractivity contribution is 6.00. The van der Waals surface area contributed by atoms with E-state index >= 15 is 0 Å². The van der Waals surface area contributed by atoms with Crippen LogP contribution in [0.3, 0.4) is 0 Å². The number of benzene rings is 3.